The van der Waals surface area contributed by atoms with Crippen LogP contribution >= 0.6 is 11.6 Å². The third-order valence-electron chi connectivity index (χ3n) is 4.80. The highest BCUT2D eigenvalue weighted by atomic mass is 35.5. The summed E-state index contributed by atoms with van der Waals surface area (Å²) in [6.45, 7) is 3.54. The number of aromatic nitrogens is 2. The molecule has 1 N–H and O–H groups in total. The number of piperazine rings is 1. The Morgan fingerprint density at radius 1 is 1.00 bits per heavy atom. The van der Waals surface area contributed by atoms with Crippen LogP contribution in [0.1, 0.15) is 5.56 Å². The Labute approximate surface area is 169 Å². The Bertz CT molecular complexity index is 935. The van der Waals surface area contributed by atoms with Gasteiger partial charge in [-0.25, -0.2) is 4.79 Å². The lowest BCUT2D eigenvalue weighted by Crippen LogP contribution is -2.50. The zero-order valence-electron chi connectivity index (χ0n) is 15.5. The van der Waals surface area contributed by atoms with Gasteiger partial charge in [-0.1, -0.05) is 48.0 Å². The van der Waals surface area contributed by atoms with Gasteiger partial charge in [-0.3, -0.25) is 10.00 Å². The van der Waals surface area contributed by atoms with E-state index in [0.29, 0.717) is 25.5 Å². The summed E-state index contributed by atoms with van der Waals surface area (Å²) < 4.78 is 1.82. The third kappa shape index (κ3) is 4.46. The fraction of sp³-hybridized carbons (Fsp3) is 0.238. The molecule has 1 aromatic heterocycles. The van der Waals surface area contributed by atoms with Crippen molar-refractivity contribution in [2.24, 2.45) is 0 Å². The largest absolute Gasteiger partial charge is 0.368 e. The van der Waals surface area contributed by atoms with Crippen molar-refractivity contribution < 1.29 is 4.79 Å². The normalized spacial score (nSPS) is 14.2. The number of benzene rings is 2. The topological polar surface area (TPSA) is 53.4 Å². The van der Waals surface area contributed by atoms with Crippen LogP contribution in [0.3, 0.4) is 0 Å². The van der Waals surface area contributed by atoms with Crippen molar-refractivity contribution in [2.45, 2.75) is 6.54 Å². The summed E-state index contributed by atoms with van der Waals surface area (Å²) in [5.74, 6) is 0.568. The van der Waals surface area contributed by atoms with Crippen LogP contribution in [0.2, 0.25) is 5.02 Å². The minimum atomic E-state index is -0.115. The second-order valence-corrected chi connectivity index (χ2v) is 7.20. The predicted octanol–water partition coefficient (Wildman–Crippen LogP) is 3.94. The predicted molar refractivity (Wildman–Crippen MR) is 112 cm³/mol. The highest BCUT2D eigenvalue weighted by molar-refractivity contribution is 6.30. The molecular weight excluding hydrogens is 374 g/mol. The Hall–Kier alpha value is -2.99. The van der Waals surface area contributed by atoms with Gasteiger partial charge in [0.05, 0.1) is 6.54 Å². The summed E-state index contributed by atoms with van der Waals surface area (Å²) in [6, 6.07) is 19.6. The number of rotatable bonds is 4. The summed E-state index contributed by atoms with van der Waals surface area (Å²) >= 11 is 6.08. The highest BCUT2D eigenvalue weighted by Gasteiger charge is 2.22. The van der Waals surface area contributed by atoms with Crippen molar-refractivity contribution in [1.29, 1.82) is 0 Å². The molecule has 7 heteroatoms. The zero-order valence-corrected chi connectivity index (χ0v) is 16.2. The van der Waals surface area contributed by atoms with Crippen LogP contribution in [-0.4, -0.2) is 46.9 Å². The second kappa shape index (κ2) is 8.35. The van der Waals surface area contributed by atoms with E-state index in [0.717, 1.165) is 23.8 Å². The first-order valence-electron chi connectivity index (χ1n) is 9.31. The second-order valence-electron chi connectivity index (χ2n) is 6.77. The molecule has 2 amide bonds. The lowest BCUT2D eigenvalue weighted by Gasteiger charge is -2.36. The van der Waals surface area contributed by atoms with E-state index in [1.54, 1.807) is 0 Å². The summed E-state index contributed by atoms with van der Waals surface area (Å²) in [5, 5.41) is 8.07. The fourth-order valence-electron chi connectivity index (χ4n) is 3.32. The standard InChI is InChI=1S/C21H22ClN5O/c22-18-7-4-8-19(15-18)25-11-13-26(14-12-25)21(28)23-20-9-10-27(24-20)16-17-5-2-1-3-6-17/h1-10,15H,11-14,16H2,(H,23,24,28). The number of nitrogens with one attached hydrogen (secondary N) is 1. The van der Waals surface area contributed by atoms with Crippen LogP contribution in [0.15, 0.2) is 66.9 Å². The van der Waals surface area contributed by atoms with Gasteiger partial charge in [0.2, 0.25) is 0 Å². The van der Waals surface area contributed by atoms with E-state index in [4.69, 9.17) is 11.6 Å². The maximum atomic E-state index is 12.6. The Kier molecular flexibility index (Phi) is 5.48. The molecule has 0 aliphatic carbocycles. The number of halogens is 1. The lowest BCUT2D eigenvalue weighted by molar-refractivity contribution is 0.208. The number of hydrogen-bond acceptors (Lipinski definition) is 3. The van der Waals surface area contributed by atoms with Gasteiger partial charge in [0.25, 0.3) is 0 Å². The van der Waals surface area contributed by atoms with Crippen LogP contribution in [-0.2, 0) is 6.54 Å². The number of amides is 2. The molecule has 0 spiro atoms. The van der Waals surface area contributed by atoms with Crippen LogP contribution in [0.5, 0.6) is 0 Å². The van der Waals surface area contributed by atoms with Gasteiger partial charge in [-0.2, -0.15) is 5.10 Å². The molecule has 4 rings (SSSR count). The number of anilines is 2. The van der Waals surface area contributed by atoms with Crippen molar-refractivity contribution in [2.75, 3.05) is 36.4 Å². The van der Waals surface area contributed by atoms with Crippen molar-refractivity contribution >= 4 is 29.1 Å². The van der Waals surface area contributed by atoms with Crippen LogP contribution in [0, 0.1) is 0 Å². The molecule has 1 saturated heterocycles. The minimum Gasteiger partial charge on any atom is -0.368 e. The summed E-state index contributed by atoms with van der Waals surface area (Å²) in [4.78, 5) is 16.6. The fourth-order valence-corrected chi connectivity index (χ4v) is 3.50. The molecule has 0 unspecified atom stereocenters. The van der Waals surface area contributed by atoms with Gasteiger partial charge in [-0.15, -0.1) is 0 Å². The van der Waals surface area contributed by atoms with Crippen molar-refractivity contribution in [3.63, 3.8) is 0 Å². The minimum absolute atomic E-state index is 0.115. The molecule has 0 radical (unpaired) electrons. The van der Waals surface area contributed by atoms with Crippen LogP contribution in [0.4, 0.5) is 16.3 Å². The van der Waals surface area contributed by atoms with Gasteiger partial charge in [0, 0.05) is 49.2 Å². The molecule has 1 aliphatic heterocycles. The first-order chi connectivity index (χ1) is 13.7. The first-order valence-corrected chi connectivity index (χ1v) is 9.69. The SMILES string of the molecule is O=C(Nc1ccn(Cc2ccccc2)n1)N1CCN(c2cccc(Cl)c2)CC1. The molecule has 0 atom stereocenters. The smallest absolute Gasteiger partial charge is 0.323 e. The zero-order chi connectivity index (χ0) is 19.3. The van der Waals surface area contributed by atoms with Crippen LogP contribution in [0.25, 0.3) is 0 Å². The molecule has 1 aliphatic rings. The maximum Gasteiger partial charge on any atom is 0.323 e. The van der Waals surface area contributed by atoms with Crippen molar-refractivity contribution in [3.05, 3.63) is 77.4 Å². The third-order valence-corrected chi connectivity index (χ3v) is 5.04. The van der Waals surface area contributed by atoms with Gasteiger partial charge in [0.15, 0.2) is 5.82 Å². The monoisotopic (exact) mass is 395 g/mol. The van der Waals surface area contributed by atoms with Gasteiger partial charge >= 0.3 is 6.03 Å². The van der Waals surface area contributed by atoms with Crippen molar-refractivity contribution in [3.8, 4) is 0 Å². The summed E-state index contributed by atoms with van der Waals surface area (Å²) in [7, 11) is 0. The summed E-state index contributed by atoms with van der Waals surface area (Å²) in [6.07, 6.45) is 1.87. The number of urea groups is 1. The van der Waals surface area contributed by atoms with E-state index in [1.807, 2.05) is 64.3 Å². The van der Waals surface area contributed by atoms with Gasteiger partial charge < -0.3 is 9.80 Å². The quantitative estimate of drug-likeness (QED) is 0.728. The molecule has 0 saturated carbocycles. The first kappa shape index (κ1) is 18.4. The Morgan fingerprint density at radius 2 is 1.79 bits per heavy atom. The van der Waals surface area contributed by atoms with Crippen LogP contribution < -0.4 is 10.2 Å². The molecule has 3 aromatic rings. The molecule has 6 nitrogen and oxygen atoms in total. The van der Waals surface area contributed by atoms with E-state index in [1.165, 1.54) is 5.56 Å². The molecule has 28 heavy (non-hydrogen) atoms. The Morgan fingerprint density at radius 3 is 2.54 bits per heavy atom. The van der Waals surface area contributed by atoms with E-state index in [2.05, 4.69) is 27.4 Å². The number of hydrogen-bond donors (Lipinski definition) is 1. The Balaban J connectivity index is 1.30. The number of carbonyl (C=O) groups excluding carboxylic acids is 1. The maximum absolute atomic E-state index is 12.6. The molecule has 0 bridgehead atoms. The molecule has 1 fully saturated rings. The highest BCUT2D eigenvalue weighted by Crippen LogP contribution is 2.21. The van der Waals surface area contributed by atoms with E-state index in [-0.39, 0.29) is 6.03 Å². The number of nitrogens with zero attached hydrogens (tertiary/aromatic N) is 4. The van der Waals surface area contributed by atoms with Gasteiger partial charge in [-0.05, 0) is 23.8 Å². The van der Waals surface area contributed by atoms with E-state index in [9.17, 15) is 4.79 Å². The number of carbonyl (C=O) groups is 1. The average Bonchev–Trinajstić information content (AvgIpc) is 3.15. The van der Waals surface area contributed by atoms with Gasteiger partial charge in [0.1, 0.15) is 0 Å². The molecule has 2 aromatic carbocycles. The lowest BCUT2D eigenvalue weighted by atomic mass is 10.2. The van der Waals surface area contributed by atoms with E-state index >= 15 is 0 Å². The molecule has 144 valence electrons. The average molecular weight is 396 g/mol. The van der Waals surface area contributed by atoms with E-state index < -0.39 is 0 Å². The van der Waals surface area contributed by atoms with Crippen molar-refractivity contribution in [1.82, 2.24) is 14.7 Å². The molecular formula is C21H22ClN5O. The molecule has 2 heterocycles. The summed E-state index contributed by atoms with van der Waals surface area (Å²) in [5.41, 5.74) is 2.26.